The first-order valence-corrected chi connectivity index (χ1v) is 8.48. The molecule has 0 spiro atoms. The topological polar surface area (TPSA) is 49.3 Å². The molecule has 0 saturated carbocycles. The van der Waals surface area contributed by atoms with E-state index in [4.69, 9.17) is 0 Å². The summed E-state index contributed by atoms with van der Waals surface area (Å²) in [7, 11) is 0. The second-order valence-electron chi connectivity index (χ2n) is 5.02. The molecule has 4 nitrogen and oxygen atoms in total. The minimum absolute atomic E-state index is 0.538. The number of nitrogens with one attached hydrogen (secondary N) is 2. The van der Waals surface area contributed by atoms with Crippen LogP contribution in [0.3, 0.4) is 0 Å². The Bertz CT molecular complexity index is 441. The number of aryl methyl sites for hydroxylation is 1. The van der Waals surface area contributed by atoms with Crippen molar-refractivity contribution >= 4 is 17.7 Å². The summed E-state index contributed by atoms with van der Waals surface area (Å²) in [5.74, 6) is 3.37. The van der Waals surface area contributed by atoms with Crippen molar-refractivity contribution < 1.29 is 0 Å². The van der Waals surface area contributed by atoms with E-state index in [2.05, 4.69) is 40.5 Å². The van der Waals surface area contributed by atoms with E-state index in [1.807, 2.05) is 24.0 Å². The van der Waals surface area contributed by atoms with E-state index in [1.54, 1.807) is 0 Å². The van der Waals surface area contributed by atoms with Crippen LogP contribution in [0.2, 0.25) is 0 Å². The lowest BCUT2D eigenvalue weighted by atomic mass is 10.2. The molecule has 2 N–H and O–H groups in total. The Hall–Kier alpha value is -1.23. The molecule has 1 aromatic rings. The highest BCUT2D eigenvalue weighted by atomic mass is 32.2. The van der Waals surface area contributed by atoms with Crippen molar-refractivity contribution in [2.75, 3.05) is 18.1 Å². The second kappa shape index (κ2) is 8.15. The van der Waals surface area contributed by atoms with Crippen LogP contribution in [0.4, 0.5) is 0 Å². The van der Waals surface area contributed by atoms with Crippen molar-refractivity contribution in [1.82, 2.24) is 15.6 Å². The van der Waals surface area contributed by atoms with Gasteiger partial charge in [0.15, 0.2) is 5.96 Å². The van der Waals surface area contributed by atoms with Gasteiger partial charge in [0.05, 0.1) is 12.2 Å². The number of aromatic nitrogens is 1. The molecular weight excluding hydrogens is 268 g/mol. The minimum atomic E-state index is 0.538. The summed E-state index contributed by atoms with van der Waals surface area (Å²) in [6.07, 6.45) is 4.36. The zero-order chi connectivity index (χ0) is 14.2. The molecule has 0 bridgehead atoms. The van der Waals surface area contributed by atoms with Crippen molar-refractivity contribution in [2.24, 2.45) is 4.99 Å². The number of aliphatic imine (C=N–C) groups is 1. The Balaban J connectivity index is 1.96. The van der Waals surface area contributed by atoms with Gasteiger partial charge in [-0.2, -0.15) is 11.8 Å². The molecule has 2 heterocycles. The van der Waals surface area contributed by atoms with Crippen molar-refractivity contribution in [3.8, 4) is 0 Å². The number of hydrogen-bond acceptors (Lipinski definition) is 3. The van der Waals surface area contributed by atoms with Gasteiger partial charge in [0.25, 0.3) is 0 Å². The smallest absolute Gasteiger partial charge is 0.191 e. The minimum Gasteiger partial charge on any atom is -0.357 e. The van der Waals surface area contributed by atoms with Crippen LogP contribution in [0.1, 0.15) is 31.0 Å². The van der Waals surface area contributed by atoms with E-state index in [9.17, 15) is 0 Å². The Morgan fingerprint density at radius 1 is 1.55 bits per heavy atom. The summed E-state index contributed by atoms with van der Waals surface area (Å²) in [6, 6.07) is 4.58. The number of thioether (sulfide) groups is 1. The van der Waals surface area contributed by atoms with Crippen LogP contribution in [0.25, 0.3) is 0 Å². The first kappa shape index (κ1) is 15.2. The lowest BCUT2D eigenvalue weighted by Crippen LogP contribution is -2.45. The third kappa shape index (κ3) is 4.71. The molecule has 0 amide bonds. The molecule has 20 heavy (non-hydrogen) atoms. The van der Waals surface area contributed by atoms with Gasteiger partial charge >= 0.3 is 0 Å². The van der Waals surface area contributed by atoms with Gasteiger partial charge in [-0.1, -0.05) is 6.07 Å². The van der Waals surface area contributed by atoms with Crippen LogP contribution >= 0.6 is 11.8 Å². The fourth-order valence-electron chi connectivity index (χ4n) is 2.21. The molecule has 0 radical (unpaired) electrons. The fourth-order valence-corrected chi connectivity index (χ4v) is 3.28. The van der Waals surface area contributed by atoms with Crippen LogP contribution in [0.15, 0.2) is 23.3 Å². The van der Waals surface area contributed by atoms with E-state index in [1.165, 1.54) is 29.9 Å². The normalized spacial score (nSPS) is 19.7. The number of rotatable bonds is 4. The molecule has 1 aromatic heterocycles. The van der Waals surface area contributed by atoms with Crippen LogP contribution in [0, 0.1) is 6.92 Å². The quantitative estimate of drug-likeness (QED) is 0.660. The molecule has 1 aliphatic rings. The lowest BCUT2D eigenvalue weighted by molar-refractivity contribution is 0.582. The molecule has 0 aromatic carbocycles. The summed E-state index contributed by atoms with van der Waals surface area (Å²) in [5.41, 5.74) is 2.24. The maximum absolute atomic E-state index is 4.66. The molecule has 1 fully saturated rings. The average molecular weight is 292 g/mol. The summed E-state index contributed by atoms with van der Waals surface area (Å²) >= 11 is 2.02. The molecule has 1 saturated heterocycles. The van der Waals surface area contributed by atoms with Crippen LogP contribution in [-0.4, -0.2) is 35.0 Å². The van der Waals surface area contributed by atoms with Gasteiger partial charge in [-0.3, -0.25) is 4.98 Å². The van der Waals surface area contributed by atoms with E-state index in [0.29, 0.717) is 12.6 Å². The number of guanidine groups is 1. The molecular formula is C15H24N4S. The summed E-state index contributed by atoms with van der Waals surface area (Å²) < 4.78 is 0. The van der Waals surface area contributed by atoms with E-state index in [0.717, 1.165) is 18.2 Å². The molecule has 2 rings (SSSR count). The summed E-state index contributed by atoms with van der Waals surface area (Å²) in [4.78, 5) is 9.05. The van der Waals surface area contributed by atoms with E-state index in [-0.39, 0.29) is 0 Å². The van der Waals surface area contributed by atoms with Gasteiger partial charge in [-0.15, -0.1) is 0 Å². The van der Waals surface area contributed by atoms with Crippen LogP contribution in [0.5, 0.6) is 0 Å². The van der Waals surface area contributed by atoms with Crippen molar-refractivity contribution in [1.29, 1.82) is 0 Å². The maximum atomic E-state index is 4.66. The zero-order valence-electron chi connectivity index (χ0n) is 12.4. The Morgan fingerprint density at radius 3 is 3.15 bits per heavy atom. The molecule has 0 aliphatic carbocycles. The Labute approximate surface area is 125 Å². The first-order valence-electron chi connectivity index (χ1n) is 7.32. The second-order valence-corrected chi connectivity index (χ2v) is 6.17. The third-order valence-corrected chi connectivity index (χ3v) is 4.57. The highest BCUT2D eigenvalue weighted by molar-refractivity contribution is 7.99. The van der Waals surface area contributed by atoms with Crippen molar-refractivity contribution in [2.45, 2.75) is 39.3 Å². The molecule has 1 aliphatic heterocycles. The van der Waals surface area contributed by atoms with E-state index >= 15 is 0 Å². The standard InChI is InChI=1S/C15H24N4S/c1-3-16-15(19-13-7-5-9-20-11-13)18-10-14-12(2)6-4-8-17-14/h4,6,8,13H,3,5,7,9-11H2,1-2H3,(H2,16,18,19). The van der Waals surface area contributed by atoms with Crippen LogP contribution in [-0.2, 0) is 6.54 Å². The lowest BCUT2D eigenvalue weighted by Gasteiger charge is -2.24. The third-order valence-electron chi connectivity index (χ3n) is 3.35. The fraction of sp³-hybridized carbons (Fsp3) is 0.600. The highest BCUT2D eigenvalue weighted by Crippen LogP contribution is 2.16. The number of hydrogen-bond donors (Lipinski definition) is 2. The highest BCUT2D eigenvalue weighted by Gasteiger charge is 2.14. The Morgan fingerprint density at radius 2 is 2.45 bits per heavy atom. The van der Waals surface area contributed by atoms with Crippen LogP contribution < -0.4 is 10.6 Å². The van der Waals surface area contributed by atoms with Gasteiger partial charge in [0, 0.05) is 24.5 Å². The monoisotopic (exact) mass is 292 g/mol. The molecule has 5 heteroatoms. The van der Waals surface area contributed by atoms with Gasteiger partial charge in [-0.05, 0) is 44.1 Å². The predicted octanol–water partition coefficient (Wildman–Crippen LogP) is 2.34. The van der Waals surface area contributed by atoms with Gasteiger partial charge in [0.1, 0.15) is 0 Å². The van der Waals surface area contributed by atoms with Gasteiger partial charge < -0.3 is 10.6 Å². The summed E-state index contributed by atoms with van der Waals surface area (Å²) in [6.45, 7) is 5.68. The molecule has 1 atom stereocenters. The average Bonchev–Trinajstić information content (AvgIpc) is 2.47. The van der Waals surface area contributed by atoms with Gasteiger partial charge in [0.2, 0.25) is 0 Å². The molecule has 1 unspecified atom stereocenters. The maximum Gasteiger partial charge on any atom is 0.191 e. The number of nitrogens with zero attached hydrogens (tertiary/aromatic N) is 2. The zero-order valence-corrected chi connectivity index (χ0v) is 13.2. The SMILES string of the molecule is CCNC(=NCc1ncccc1C)NC1CCCSC1. The summed E-state index contributed by atoms with van der Waals surface area (Å²) in [5, 5.41) is 6.86. The Kier molecular flexibility index (Phi) is 6.18. The molecule has 110 valence electrons. The van der Waals surface area contributed by atoms with Gasteiger partial charge in [-0.25, -0.2) is 4.99 Å². The predicted molar refractivity (Wildman–Crippen MR) is 87.3 cm³/mol. The first-order chi connectivity index (χ1) is 9.79. The van der Waals surface area contributed by atoms with Crippen molar-refractivity contribution in [3.05, 3.63) is 29.6 Å². The number of pyridine rings is 1. The van der Waals surface area contributed by atoms with E-state index < -0.39 is 0 Å². The largest absolute Gasteiger partial charge is 0.357 e. The van der Waals surface area contributed by atoms with Crippen molar-refractivity contribution in [3.63, 3.8) is 0 Å².